The Morgan fingerprint density at radius 2 is 2.04 bits per heavy atom. The summed E-state index contributed by atoms with van der Waals surface area (Å²) < 4.78 is 26.7. The van der Waals surface area contributed by atoms with Crippen LogP contribution in [0.4, 0.5) is 0 Å². The van der Waals surface area contributed by atoms with Gasteiger partial charge in [0.25, 0.3) is 10.0 Å². The van der Waals surface area contributed by atoms with Crippen molar-refractivity contribution in [3.05, 3.63) is 38.9 Å². The molecule has 126 valence electrons. The average molecular weight is 393 g/mol. The lowest BCUT2D eigenvalue weighted by atomic mass is 10.4. The van der Waals surface area contributed by atoms with Gasteiger partial charge in [0, 0.05) is 18.5 Å². The topological polar surface area (TPSA) is 57.7 Å². The highest BCUT2D eigenvalue weighted by Crippen LogP contribution is 2.23. The van der Waals surface area contributed by atoms with Crippen molar-refractivity contribution in [2.45, 2.75) is 17.7 Å². The molecule has 2 rings (SSSR count). The van der Waals surface area contributed by atoms with Gasteiger partial charge in [-0.1, -0.05) is 17.7 Å². The highest BCUT2D eigenvalue weighted by atomic mass is 35.5. The molecule has 0 saturated carbocycles. The Balaban J connectivity index is 2.04. The van der Waals surface area contributed by atoms with Gasteiger partial charge in [0.05, 0.1) is 17.4 Å². The molecule has 0 aliphatic carbocycles. The SMILES string of the molecule is CCN(Cc1ccc(Cl)s1)C(=O)CN(C)S(=O)(=O)c1cccs1. The third kappa shape index (κ3) is 4.54. The first kappa shape index (κ1) is 18.4. The maximum absolute atomic E-state index is 12.4. The van der Waals surface area contributed by atoms with E-state index >= 15 is 0 Å². The molecule has 0 aliphatic rings. The van der Waals surface area contributed by atoms with E-state index in [1.54, 1.807) is 22.4 Å². The molecular weight excluding hydrogens is 376 g/mol. The Labute approximate surface area is 149 Å². The molecule has 2 heterocycles. The first-order valence-electron chi connectivity index (χ1n) is 6.86. The largest absolute Gasteiger partial charge is 0.337 e. The zero-order chi connectivity index (χ0) is 17.0. The summed E-state index contributed by atoms with van der Waals surface area (Å²) in [5.74, 6) is -0.236. The normalized spacial score (nSPS) is 11.8. The van der Waals surface area contributed by atoms with Gasteiger partial charge in [0.15, 0.2) is 0 Å². The maximum Gasteiger partial charge on any atom is 0.252 e. The van der Waals surface area contributed by atoms with E-state index in [1.165, 1.54) is 24.5 Å². The van der Waals surface area contributed by atoms with Crippen LogP contribution in [-0.4, -0.2) is 43.7 Å². The third-order valence-corrected chi connectivity index (χ3v) is 7.62. The minimum absolute atomic E-state index is 0.187. The lowest BCUT2D eigenvalue weighted by molar-refractivity contribution is -0.131. The second kappa shape index (κ2) is 7.76. The lowest BCUT2D eigenvalue weighted by Crippen LogP contribution is -2.40. The Bertz CT molecular complexity index is 756. The standard InChI is InChI=1S/C14H17ClN2O3S3/c1-3-17(9-11-6-7-12(15)22-11)13(18)10-16(2)23(19,20)14-5-4-8-21-14/h4-8H,3,9-10H2,1-2H3. The van der Waals surface area contributed by atoms with Gasteiger partial charge in [0.2, 0.25) is 5.91 Å². The van der Waals surface area contributed by atoms with E-state index in [0.29, 0.717) is 17.4 Å². The van der Waals surface area contributed by atoms with Crippen LogP contribution in [-0.2, 0) is 21.4 Å². The van der Waals surface area contributed by atoms with Gasteiger partial charge in [-0.2, -0.15) is 4.31 Å². The van der Waals surface area contributed by atoms with Crippen LogP contribution < -0.4 is 0 Å². The summed E-state index contributed by atoms with van der Waals surface area (Å²) >= 11 is 8.45. The maximum atomic E-state index is 12.4. The van der Waals surface area contributed by atoms with Crippen LogP contribution in [0.1, 0.15) is 11.8 Å². The van der Waals surface area contributed by atoms with Crippen molar-refractivity contribution >= 4 is 50.2 Å². The zero-order valence-electron chi connectivity index (χ0n) is 12.7. The van der Waals surface area contributed by atoms with E-state index in [4.69, 9.17) is 11.6 Å². The molecule has 23 heavy (non-hydrogen) atoms. The van der Waals surface area contributed by atoms with E-state index < -0.39 is 10.0 Å². The molecule has 0 fully saturated rings. The van der Waals surface area contributed by atoms with E-state index in [0.717, 1.165) is 20.5 Å². The summed E-state index contributed by atoms with van der Waals surface area (Å²) in [4.78, 5) is 15.0. The van der Waals surface area contributed by atoms with Crippen LogP contribution in [0.25, 0.3) is 0 Å². The predicted octanol–water partition coefficient (Wildman–Crippen LogP) is 3.13. The molecule has 0 spiro atoms. The molecule has 2 aromatic heterocycles. The summed E-state index contributed by atoms with van der Waals surface area (Å²) in [5.41, 5.74) is 0. The molecule has 0 aliphatic heterocycles. The minimum Gasteiger partial charge on any atom is -0.337 e. The molecule has 5 nitrogen and oxygen atoms in total. The molecule has 0 aromatic carbocycles. The first-order valence-corrected chi connectivity index (χ1v) is 10.4. The van der Waals surface area contributed by atoms with Crippen molar-refractivity contribution in [2.75, 3.05) is 20.1 Å². The fourth-order valence-corrected chi connectivity index (χ4v) is 5.37. The summed E-state index contributed by atoms with van der Waals surface area (Å²) in [6.45, 7) is 2.61. The van der Waals surface area contributed by atoms with E-state index in [2.05, 4.69) is 0 Å². The van der Waals surface area contributed by atoms with Crippen LogP contribution in [0.2, 0.25) is 4.34 Å². The second-order valence-electron chi connectivity index (χ2n) is 4.81. The van der Waals surface area contributed by atoms with Crippen molar-refractivity contribution in [3.63, 3.8) is 0 Å². The summed E-state index contributed by atoms with van der Waals surface area (Å²) in [7, 11) is -2.20. The number of carbonyl (C=O) groups excluding carboxylic acids is 1. The highest BCUT2D eigenvalue weighted by molar-refractivity contribution is 7.91. The monoisotopic (exact) mass is 392 g/mol. The molecule has 0 saturated heterocycles. The van der Waals surface area contributed by atoms with E-state index in [1.807, 2.05) is 13.0 Å². The average Bonchev–Trinajstić information content (AvgIpc) is 3.16. The van der Waals surface area contributed by atoms with Crippen LogP contribution in [0.15, 0.2) is 33.9 Å². The molecule has 1 amide bonds. The van der Waals surface area contributed by atoms with Crippen molar-refractivity contribution in [1.82, 2.24) is 9.21 Å². The number of rotatable bonds is 7. The number of hydrogen-bond acceptors (Lipinski definition) is 5. The molecule has 2 aromatic rings. The first-order chi connectivity index (χ1) is 10.8. The van der Waals surface area contributed by atoms with Crippen LogP contribution >= 0.6 is 34.3 Å². The van der Waals surface area contributed by atoms with Gasteiger partial charge < -0.3 is 4.90 Å². The number of thiophene rings is 2. The zero-order valence-corrected chi connectivity index (χ0v) is 15.9. The highest BCUT2D eigenvalue weighted by Gasteiger charge is 2.25. The van der Waals surface area contributed by atoms with Crippen molar-refractivity contribution in [1.29, 1.82) is 0 Å². The number of sulfonamides is 1. The number of carbonyl (C=O) groups is 1. The number of likely N-dealkylation sites (N-methyl/N-ethyl adjacent to an activating group) is 2. The van der Waals surface area contributed by atoms with Gasteiger partial charge in [0.1, 0.15) is 4.21 Å². The minimum atomic E-state index is -3.62. The van der Waals surface area contributed by atoms with Gasteiger partial charge in [-0.15, -0.1) is 22.7 Å². The van der Waals surface area contributed by atoms with Gasteiger partial charge >= 0.3 is 0 Å². The quantitative estimate of drug-likeness (QED) is 0.727. The number of amides is 1. The van der Waals surface area contributed by atoms with Crippen LogP contribution in [0, 0.1) is 0 Å². The molecule has 0 radical (unpaired) electrons. The lowest BCUT2D eigenvalue weighted by Gasteiger charge is -2.23. The number of nitrogens with zero attached hydrogens (tertiary/aromatic N) is 2. The fourth-order valence-electron chi connectivity index (χ4n) is 1.94. The summed E-state index contributed by atoms with van der Waals surface area (Å²) in [6.07, 6.45) is 0. The second-order valence-corrected chi connectivity index (χ2v) is 9.83. The van der Waals surface area contributed by atoms with E-state index in [-0.39, 0.29) is 16.7 Å². The summed E-state index contributed by atoms with van der Waals surface area (Å²) in [5, 5.41) is 1.70. The van der Waals surface area contributed by atoms with Gasteiger partial charge in [-0.3, -0.25) is 4.79 Å². The van der Waals surface area contributed by atoms with Crippen molar-refractivity contribution in [2.24, 2.45) is 0 Å². The third-order valence-electron chi connectivity index (χ3n) is 3.23. The molecule has 0 bridgehead atoms. The molecule has 0 unspecified atom stereocenters. The van der Waals surface area contributed by atoms with Gasteiger partial charge in [-0.25, -0.2) is 8.42 Å². The predicted molar refractivity (Wildman–Crippen MR) is 94.6 cm³/mol. The Morgan fingerprint density at radius 3 is 2.57 bits per heavy atom. The van der Waals surface area contributed by atoms with Crippen molar-refractivity contribution in [3.8, 4) is 0 Å². The van der Waals surface area contributed by atoms with Crippen molar-refractivity contribution < 1.29 is 13.2 Å². The summed E-state index contributed by atoms with van der Waals surface area (Å²) in [6, 6.07) is 6.86. The Kier molecular flexibility index (Phi) is 6.21. The molecule has 9 heteroatoms. The van der Waals surface area contributed by atoms with Crippen LogP contribution in [0.5, 0.6) is 0 Å². The molecule has 0 atom stereocenters. The van der Waals surface area contributed by atoms with Crippen LogP contribution in [0.3, 0.4) is 0 Å². The van der Waals surface area contributed by atoms with Gasteiger partial charge in [-0.05, 0) is 30.5 Å². The molecular formula is C14H17ClN2O3S3. The Hall–Kier alpha value is -0.930. The number of hydrogen-bond donors (Lipinski definition) is 0. The number of halogens is 1. The fraction of sp³-hybridized carbons (Fsp3) is 0.357. The Morgan fingerprint density at radius 1 is 1.30 bits per heavy atom. The van der Waals surface area contributed by atoms with E-state index in [9.17, 15) is 13.2 Å². The smallest absolute Gasteiger partial charge is 0.252 e. The molecule has 0 N–H and O–H groups in total.